The van der Waals surface area contributed by atoms with Crippen LogP contribution in [-0.2, 0) is 48.3 Å². The molecule has 0 fully saturated rings. The highest BCUT2D eigenvalue weighted by Gasteiger charge is 2.21. The van der Waals surface area contributed by atoms with Gasteiger partial charge >= 0.3 is 19.1 Å². The Hall–Kier alpha value is -10.2. The minimum absolute atomic E-state index is 0.0471. The molecule has 0 aromatic carbocycles. The maximum absolute atomic E-state index is 12.1. The fourth-order valence-corrected chi connectivity index (χ4v) is 10.7. The molecule has 0 amide bonds. The van der Waals surface area contributed by atoms with E-state index in [1.165, 1.54) is 29.1 Å². The van der Waals surface area contributed by atoms with Gasteiger partial charge in [-0.25, -0.2) is 54.8 Å². The van der Waals surface area contributed by atoms with Gasteiger partial charge in [0.1, 0.15) is 69.8 Å². The van der Waals surface area contributed by atoms with Crippen LogP contribution in [0.1, 0.15) is 139 Å². The predicted octanol–water partition coefficient (Wildman–Crippen LogP) is 14.2. The SMILES string of the molecule is C=C(C)OCC.CC(C)(C)OC(=O)CBr.CC(C)(C)ON=O.Cc1cc(Br)ncc1N.Cc1ncc(-c2cc(C)c(N)cn2)cn1.Cc1ncc(-c2cc3c(I)nn(CC(=O)OC(C)(C)C)c3cn2)cn1.Cc1ncc(-c2cc3c(cn2)CN=C3)cn1.Cc1ncc(-c2cc3c(cn2)CN=C3I)cn1.Cc1ncc(B(O)O)cn1. The van der Waals surface area contributed by atoms with E-state index < -0.39 is 18.3 Å². The number of alkyl halides is 1. The number of carbonyl (C=O) groups is 2. The summed E-state index contributed by atoms with van der Waals surface area (Å²) in [6, 6.07) is 9.84. The van der Waals surface area contributed by atoms with Gasteiger partial charge in [0, 0.05) is 136 Å². The largest absolute Gasteiger partial charge is 0.499 e. The summed E-state index contributed by atoms with van der Waals surface area (Å²) in [5, 5.41) is 25.1. The lowest BCUT2D eigenvalue weighted by molar-refractivity contribution is -0.156. The highest BCUT2D eigenvalue weighted by atomic mass is 127. The van der Waals surface area contributed by atoms with Gasteiger partial charge in [0.15, 0.2) is 5.34 Å². The van der Waals surface area contributed by atoms with Gasteiger partial charge in [-0.2, -0.15) is 5.10 Å². The molecule has 114 heavy (non-hydrogen) atoms. The Labute approximate surface area is 707 Å². The summed E-state index contributed by atoms with van der Waals surface area (Å²) in [5.41, 5.74) is 26.2. The third kappa shape index (κ3) is 33.9. The van der Waals surface area contributed by atoms with E-state index in [0.29, 0.717) is 22.8 Å². The van der Waals surface area contributed by atoms with Crippen LogP contribution in [0.2, 0.25) is 0 Å². The number of aromatic nitrogens is 17. The molecule has 11 aromatic rings. The van der Waals surface area contributed by atoms with Gasteiger partial charge in [0.25, 0.3) is 0 Å². The molecule has 0 aliphatic carbocycles. The number of nitrogens with two attached hydrogens (primary N) is 2. The number of pyridine rings is 5. The molecule has 6 N–H and O–H groups in total. The van der Waals surface area contributed by atoms with Crippen LogP contribution in [-0.4, -0.2) is 152 Å². The van der Waals surface area contributed by atoms with Crippen molar-refractivity contribution in [2.24, 2.45) is 15.3 Å². The van der Waals surface area contributed by atoms with Crippen molar-refractivity contribution in [2.45, 2.75) is 161 Å². The van der Waals surface area contributed by atoms with E-state index in [1.807, 2.05) is 140 Å². The van der Waals surface area contributed by atoms with Gasteiger partial charge in [-0.1, -0.05) is 22.5 Å². The Kier molecular flexibility index (Phi) is 37.8. The van der Waals surface area contributed by atoms with Gasteiger partial charge in [0.2, 0.25) is 0 Å². The summed E-state index contributed by atoms with van der Waals surface area (Å²) in [5.74, 6) is 3.86. The lowest BCUT2D eigenvalue weighted by Gasteiger charge is -2.19. The summed E-state index contributed by atoms with van der Waals surface area (Å²) in [6.07, 6.45) is 27.6. The van der Waals surface area contributed by atoms with Crippen LogP contribution in [0.25, 0.3) is 55.9 Å². The Bertz CT molecular complexity index is 5040. The molecule has 2 aliphatic rings. The highest BCUT2D eigenvalue weighted by molar-refractivity contribution is 14.1. The second-order valence-electron chi connectivity index (χ2n) is 27.6. The average molecular weight is 1910 g/mol. The normalized spacial score (nSPS) is 11.2. The molecule has 0 saturated carbocycles. The molecular weight excluding hydrogens is 1810 g/mol. The number of allylic oxidation sites excluding steroid dienone is 1. The third-order valence-electron chi connectivity index (χ3n) is 14.3. The number of anilines is 2. The molecule has 36 heteroatoms. The zero-order valence-corrected chi connectivity index (χ0v) is 74.3. The van der Waals surface area contributed by atoms with Crippen molar-refractivity contribution in [2.75, 3.05) is 23.4 Å². The molecule has 13 heterocycles. The quantitative estimate of drug-likeness (QED) is 0.0137. The second kappa shape index (κ2) is 45.7. The van der Waals surface area contributed by atoms with Crippen molar-refractivity contribution < 1.29 is 38.7 Å². The number of aryl methyl sites for hydroxylation is 7. The molecule has 0 atom stereocenters. The molecule has 600 valence electrons. The molecule has 13 rings (SSSR count). The second-order valence-corrected chi connectivity index (χ2v) is 31.0. The van der Waals surface area contributed by atoms with Crippen LogP contribution in [0, 0.1) is 57.1 Å². The number of hydrogen-bond acceptors (Lipinski definition) is 30. The van der Waals surface area contributed by atoms with Crippen molar-refractivity contribution in [1.29, 1.82) is 0 Å². The Morgan fingerprint density at radius 2 is 0.982 bits per heavy atom. The Balaban J connectivity index is 0.000000237. The fourth-order valence-electron chi connectivity index (χ4n) is 8.78. The molecule has 0 spiro atoms. The van der Waals surface area contributed by atoms with Crippen molar-refractivity contribution >= 4 is 134 Å². The third-order valence-corrected chi connectivity index (χ3v) is 16.9. The molecule has 11 aromatic heterocycles. The van der Waals surface area contributed by atoms with Crippen LogP contribution in [0.3, 0.4) is 0 Å². The number of esters is 2. The molecule has 31 nitrogen and oxygen atoms in total. The first-order chi connectivity index (χ1) is 53.6. The Morgan fingerprint density at radius 3 is 1.38 bits per heavy atom. The van der Waals surface area contributed by atoms with E-state index in [-0.39, 0.29) is 29.4 Å². The smallest absolute Gasteiger partial charge is 0.491 e. The molecule has 0 unspecified atom stereocenters. The molecular formula is C78H93BBr2I2N22O9. The van der Waals surface area contributed by atoms with Crippen molar-refractivity contribution in [1.82, 2.24) is 84.5 Å². The van der Waals surface area contributed by atoms with Gasteiger partial charge in [-0.3, -0.25) is 44.2 Å². The fraction of sp³-hybridized carbons (Fsp3) is 0.333. The van der Waals surface area contributed by atoms with Crippen LogP contribution in [0.15, 0.2) is 156 Å². The molecule has 2 aliphatic heterocycles. The van der Waals surface area contributed by atoms with E-state index in [0.717, 1.165) is 133 Å². The maximum atomic E-state index is 12.1. The summed E-state index contributed by atoms with van der Waals surface area (Å²) < 4.78 is 19.4. The van der Waals surface area contributed by atoms with E-state index in [9.17, 15) is 14.5 Å². The molecule has 0 radical (unpaired) electrons. The van der Waals surface area contributed by atoms with Crippen LogP contribution in [0.5, 0.6) is 0 Å². The van der Waals surface area contributed by atoms with E-state index >= 15 is 0 Å². The summed E-state index contributed by atoms with van der Waals surface area (Å²) in [7, 11) is -1.47. The monoisotopic (exact) mass is 1900 g/mol. The van der Waals surface area contributed by atoms with E-state index in [4.69, 9.17) is 35.7 Å². The number of hydrogen-bond donors (Lipinski definition) is 4. The maximum Gasteiger partial charge on any atom is 0.491 e. The van der Waals surface area contributed by atoms with Gasteiger partial charge in [-0.15, -0.1) is 4.91 Å². The van der Waals surface area contributed by atoms with Gasteiger partial charge in [-0.05, 0) is 227 Å². The predicted molar refractivity (Wildman–Crippen MR) is 467 cm³/mol. The van der Waals surface area contributed by atoms with Crippen molar-refractivity contribution in [3.05, 3.63) is 211 Å². The average Bonchev–Trinajstić information content (AvgIpc) is 1.64. The first-order valence-electron chi connectivity index (χ1n) is 35.0. The first-order valence-corrected chi connectivity index (χ1v) is 39.1. The Morgan fingerprint density at radius 1 is 0.561 bits per heavy atom. The highest BCUT2D eigenvalue weighted by Crippen LogP contribution is 2.28. The number of nitrogen functional groups attached to an aromatic ring is 2. The first kappa shape index (κ1) is 94.4. The number of halogens is 4. The van der Waals surface area contributed by atoms with Crippen molar-refractivity contribution in [3.63, 3.8) is 0 Å². The topological polar surface area (TPSA) is 429 Å². The van der Waals surface area contributed by atoms with E-state index in [1.54, 1.807) is 101 Å². The summed E-state index contributed by atoms with van der Waals surface area (Å²) in [4.78, 5) is 107. The molecule has 0 saturated heterocycles. The zero-order chi connectivity index (χ0) is 84.6. The van der Waals surface area contributed by atoms with Crippen molar-refractivity contribution in [3.8, 4) is 45.0 Å². The zero-order valence-electron chi connectivity index (χ0n) is 66.8. The van der Waals surface area contributed by atoms with Gasteiger partial charge in [0.05, 0.1) is 83.7 Å². The lowest BCUT2D eigenvalue weighted by Crippen LogP contribution is -2.30. The number of aliphatic imine (C=N–C) groups is 2. The number of ether oxygens (including phenoxy) is 3. The number of fused-ring (bicyclic) bond motifs is 3. The number of carbonyl (C=O) groups excluding carboxylic acids is 2. The lowest BCUT2D eigenvalue weighted by atomic mass is 9.83. The minimum Gasteiger partial charge on any atom is -0.499 e. The summed E-state index contributed by atoms with van der Waals surface area (Å²) in [6.45, 7) is 38.9. The number of rotatable bonds is 11. The standard InChI is InChI=1S/C17H18IN5O2.C12H9IN4.C12H10N4.C11H12N4.C6H7BrN2.C6H11BrO2.C5H7BN2O2.C5H10O.C4H9NO2/c1-10-19-6-11(7-20-10)13-5-12-14(8-21-13)23(22-16(12)18)9-15(24)25-17(2,3)4;1-7-14-5-9(6-15-7)11-2-10-8(3-16-11)4-17-12(10)13;1-8-14-6-11(7-15-8)12-2-9-3-13-4-10(9)5-16-12;1-7-3-11(15-6-10(7)12)9-4-13-8(2)14-5-9;1-4-2-6(7)9-3-5(4)8;1-6(2,3)9-5(8)4-7;1-4-7-2-5(3-8-4)6(9)10;1-4-6-5(2)3;1-4(2,3)7-5-6/h5-8H,9H2,1-4H3;2-3,5-6H,4H2,1H3;2-3,5-7H,4H2,1H3;3-6H,12H2,1-2H3;2-3H,8H2,1H3;4H2,1-3H3;2-3,9-10H,1H3;2,4H2,1,3H3;1-3H3. The van der Waals surface area contributed by atoms with Crippen LogP contribution >= 0.6 is 77.0 Å². The van der Waals surface area contributed by atoms with Crippen LogP contribution in [0.4, 0.5) is 11.4 Å². The van der Waals surface area contributed by atoms with Gasteiger partial charge < -0.3 is 40.6 Å². The van der Waals surface area contributed by atoms with E-state index in [2.05, 4.69) is 190 Å². The van der Waals surface area contributed by atoms with Crippen LogP contribution < -0.4 is 16.9 Å². The minimum atomic E-state index is -1.47. The molecule has 0 bridgehead atoms. The number of nitrogens with zero attached hydrogens (tertiary/aromatic N) is 20. The summed E-state index contributed by atoms with van der Waals surface area (Å²) >= 11 is 10.6.